The summed E-state index contributed by atoms with van der Waals surface area (Å²) in [6.45, 7) is 4.30. The van der Waals surface area contributed by atoms with Gasteiger partial charge in [-0.2, -0.15) is 0 Å². The molecule has 1 aliphatic rings. The minimum atomic E-state index is -0.221. The zero-order valence-electron chi connectivity index (χ0n) is 17.7. The molecule has 0 spiro atoms. The SMILES string of the molecule is COc1ccc(OC)c(CN2CCN(C(=O)NCCCc3cccc(F)c3)CC2)c1. The topological polar surface area (TPSA) is 54.0 Å². The molecule has 1 heterocycles. The molecule has 30 heavy (non-hydrogen) atoms. The highest BCUT2D eigenvalue weighted by Crippen LogP contribution is 2.25. The maximum absolute atomic E-state index is 13.2. The molecule has 6 nitrogen and oxygen atoms in total. The molecule has 1 aliphatic heterocycles. The number of ether oxygens (including phenoxy) is 2. The van der Waals surface area contributed by atoms with Crippen molar-refractivity contribution in [2.24, 2.45) is 0 Å². The second kappa shape index (κ2) is 10.8. The summed E-state index contributed by atoms with van der Waals surface area (Å²) in [6, 6.07) is 12.4. The summed E-state index contributed by atoms with van der Waals surface area (Å²) >= 11 is 0. The largest absolute Gasteiger partial charge is 0.497 e. The Morgan fingerprint density at radius 2 is 1.87 bits per heavy atom. The Hall–Kier alpha value is -2.80. The minimum absolute atomic E-state index is 0.0344. The first kappa shape index (κ1) is 21.9. The van der Waals surface area contributed by atoms with Gasteiger partial charge in [-0.05, 0) is 48.7 Å². The minimum Gasteiger partial charge on any atom is -0.497 e. The van der Waals surface area contributed by atoms with Crippen LogP contribution in [0.15, 0.2) is 42.5 Å². The molecule has 0 unspecified atom stereocenters. The summed E-state index contributed by atoms with van der Waals surface area (Å²) in [4.78, 5) is 16.6. The van der Waals surface area contributed by atoms with Crippen LogP contribution >= 0.6 is 0 Å². The molecule has 0 radical (unpaired) electrons. The Morgan fingerprint density at radius 1 is 1.07 bits per heavy atom. The molecule has 2 aromatic carbocycles. The Labute approximate surface area is 177 Å². The summed E-state index contributed by atoms with van der Waals surface area (Å²) in [5.41, 5.74) is 2.03. The van der Waals surface area contributed by atoms with Crippen LogP contribution in [0.2, 0.25) is 0 Å². The Morgan fingerprint density at radius 3 is 2.57 bits per heavy atom. The van der Waals surface area contributed by atoms with Gasteiger partial charge in [0.05, 0.1) is 14.2 Å². The standard InChI is InChI=1S/C23H30FN3O3/c1-29-21-8-9-22(30-2)19(16-21)17-26-11-13-27(14-12-26)23(28)25-10-4-6-18-5-3-7-20(24)15-18/h3,5,7-9,15-16H,4,6,10-14,17H2,1-2H3,(H,25,28). The predicted molar refractivity (Wildman–Crippen MR) is 115 cm³/mol. The van der Waals surface area contributed by atoms with Crippen molar-refractivity contribution in [2.45, 2.75) is 19.4 Å². The van der Waals surface area contributed by atoms with E-state index < -0.39 is 0 Å². The fraction of sp³-hybridized carbons (Fsp3) is 0.435. The maximum atomic E-state index is 13.2. The number of aryl methyl sites for hydroxylation is 1. The maximum Gasteiger partial charge on any atom is 0.317 e. The number of methoxy groups -OCH3 is 2. The molecule has 3 rings (SSSR count). The molecule has 0 bridgehead atoms. The van der Waals surface area contributed by atoms with Crippen LogP contribution in [-0.2, 0) is 13.0 Å². The number of benzene rings is 2. The number of hydrogen-bond acceptors (Lipinski definition) is 4. The van der Waals surface area contributed by atoms with E-state index in [2.05, 4.69) is 10.2 Å². The lowest BCUT2D eigenvalue weighted by Gasteiger charge is -2.35. The molecule has 0 atom stereocenters. The molecule has 162 valence electrons. The Bertz CT molecular complexity index is 838. The third-order valence-electron chi connectivity index (χ3n) is 5.35. The van der Waals surface area contributed by atoms with Crippen LogP contribution in [0.3, 0.4) is 0 Å². The van der Waals surface area contributed by atoms with Crippen molar-refractivity contribution in [1.82, 2.24) is 15.1 Å². The van der Waals surface area contributed by atoms with Crippen molar-refractivity contribution in [3.63, 3.8) is 0 Å². The average molecular weight is 416 g/mol. The normalized spacial score (nSPS) is 14.4. The zero-order valence-corrected chi connectivity index (χ0v) is 17.7. The first-order valence-corrected chi connectivity index (χ1v) is 10.3. The lowest BCUT2D eigenvalue weighted by atomic mass is 10.1. The van der Waals surface area contributed by atoms with Gasteiger partial charge in [0.1, 0.15) is 17.3 Å². The molecular formula is C23H30FN3O3. The molecule has 0 aromatic heterocycles. The zero-order chi connectivity index (χ0) is 21.3. The van der Waals surface area contributed by atoms with Gasteiger partial charge >= 0.3 is 6.03 Å². The monoisotopic (exact) mass is 415 g/mol. The van der Waals surface area contributed by atoms with Gasteiger partial charge in [0.2, 0.25) is 0 Å². The molecule has 1 N–H and O–H groups in total. The van der Waals surface area contributed by atoms with E-state index in [1.165, 1.54) is 6.07 Å². The number of carbonyl (C=O) groups excluding carboxylic acids is 1. The van der Waals surface area contributed by atoms with Crippen molar-refractivity contribution in [1.29, 1.82) is 0 Å². The molecule has 2 aromatic rings. The first-order valence-electron chi connectivity index (χ1n) is 10.3. The molecule has 0 saturated carbocycles. The lowest BCUT2D eigenvalue weighted by molar-refractivity contribution is 0.134. The van der Waals surface area contributed by atoms with Crippen molar-refractivity contribution in [2.75, 3.05) is 46.9 Å². The molecule has 7 heteroatoms. The van der Waals surface area contributed by atoms with E-state index in [0.717, 1.165) is 55.1 Å². The number of amides is 2. The number of urea groups is 1. The van der Waals surface area contributed by atoms with Gasteiger partial charge in [-0.25, -0.2) is 9.18 Å². The number of carbonyl (C=O) groups is 1. The van der Waals surface area contributed by atoms with Crippen LogP contribution < -0.4 is 14.8 Å². The fourth-order valence-electron chi connectivity index (χ4n) is 3.65. The van der Waals surface area contributed by atoms with Crippen LogP contribution in [-0.4, -0.2) is 62.8 Å². The quantitative estimate of drug-likeness (QED) is 0.672. The Balaban J connectivity index is 1.40. The summed E-state index contributed by atoms with van der Waals surface area (Å²) in [6.07, 6.45) is 1.53. The summed E-state index contributed by atoms with van der Waals surface area (Å²) in [5.74, 6) is 1.43. The van der Waals surface area contributed by atoms with Gasteiger partial charge < -0.3 is 19.7 Å². The van der Waals surface area contributed by atoms with Crippen LogP contribution in [0.1, 0.15) is 17.5 Å². The van der Waals surface area contributed by atoms with Gasteiger partial charge in [0, 0.05) is 44.8 Å². The molecule has 0 aliphatic carbocycles. The molecule has 2 amide bonds. The van der Waals surface area contributed by atoms with Crippen LogP contribution in [0.4, 0.5) is 9.18 Å². The van der Waals surface area contributed by atoms with Gasteiger partial charge in [0.25, 0.3) is 0 Å². The summed E-state index contributed by atoms with van der Waals surface area (Å²) in [5, 5.41) is 2.97. The number of nitrogens with one attached hydrogen (secondary N) is 1. The number of hydrogen-bond donors (Lipinski definition) is 1. The van der Waals surface area contributed by atoms with E-state index >= 15 is 0 Å². The summed E-state index contributed by atoms with van der Waals surface area (Å²) in [7, 11) is 3.32. The average Bonchev–Trinajstić information content (AvgIpc) is 2.77. The third kappa shape index (κ3) is 6.10. The summed E-state index contributed by atoms with van der Waals surface area (Å²) < 4.78 is 24.0. The second-order valence-electron chi connectivity index (χ2n) is 7.41. The highest BCUT2D eigenvalue weighted by molar-refractivity contribution is 5.74. The fourth-order valence-corrected chi connectivity index (χ4v) is 3.65. The van der Waals surface area contributed by atoms with E-state index in [4.69, 9.17) is 9.47 Å². The van der Waals surface area contributed by atoms with Crippen molar-refractivity contribution < 1.29 is 18.7 Å². The van der Waals surface area contributed by atoms with Crippen LogP contribution in [0, 0.1) is 5.82 Å². The van der Waals surface area contributed by atoms with Crippen molar-refractivity contribution in [3.8, 4) is 11.5 Å². The van der Waals surface area contributed by atoms with E-state index in [9.17, 15) is 9.18 Å². The van der Waals surface area contributed by atoms with Crippen LogP contribution in [0.5, 0.6) is 11.5 Å². The number of halogens is 1. The molecule has 1 fully saturated rings. The number of piperazine rings is 1. The van der Waals surface area contributed by atoms with E-state index in [0.29, 0.717) is 19.6 Å². The highest BCUT2D eigenvalue weighted by atomic mass is 19.1. The van der Waals surface area contributed by atoms with Gasteiger partial charge in [-0.1, -0.05) is 12.1 Å². The lowest BCUT2D eigenvalue weighted by Crippen LogP contribution is -2.51. The number of rotatable bonds is 8. The predicted octanol–water partition coefficient (Wildman–Crippen LogP) is 3.30. The van der Waals surface area contributed by atoms with E-state index in [1.54, 1.807) is 26.4 Å². The van der Waals surface area contributed by atoms with Gasteiger partial charge in [0.15, 0.2) is 0 Å². The Kier molecular flexibility index (Phi) is 7.90. The van der Waals surface area contributed by atoms with Gasteiger partial charge in [-0.15, -0.1) is 0 Å². The van der Waals surface area contributed by atoms with Crippen LogP contribution in [0.25, 0.3) is 0 Å². The number of nitrogens with zero attached hydrogens (tertiary/aromatic N) is 2. The molecule has 1 saturated heterocycles. The highest BCUT2D eigenvalue weighted by Gasteiger charge is 2.21. The van der Waals surface area contributed by atoms with Crippen molar-refractivity contribution >= 4 is 6.03 Å². The van der Waals surface area contributed by atoms with E-state index in [-0.39, 0.29) is 11.8 Å². The second-order valence-corrected chi connectivity index (χ2v) is 7.41. The third-order valence-corrected chi connectivity index (χ3v) is 5.35. The first-order chi connectivity index (χ1) is 14.6. The van der Waals surface area contributed by atoms with E-state index in [1.807, 2.05) is 29.2 Å². The molecular weight excluding hydrogens is 385 g/mol. The van der Waals surface area contributed by atoms with Gasteiger partial charge in [-0.3, -0.25) is 4.90 Å². The van der Waals surface area contributed by atoms with Crippen molar-refractivity contribution in [3.05, 3.63) is 59.4 Å². The smallest absolute Gasteiger partial charge is 0.317 e.